The molecule has 0 saturated heterocycles. The summed E-state index contributed by atoms with van der Waals surface area (Å²) in [6.07, 6.45) is 0.383. The van der Waals surface area contributed by atoms with Crippen molar-refractivity contribution in [1.29, 1.82) is 0 Å². The van der Waals surface area contributed by atoms with Crippen molar-refractivity contribution in [3.8, 4) is 11.8 Å². The number of benzene rings is 1. The summed E-state index contributed by atoms with van der Waals surface area (Å²) >= 11 is 0. The van der Waals surface area contributed by atoms with Gasteiger partial charge >= 0.3 is 0 Å². The number of halogens is 1. The lowest BCUT2D eigenvalue weighted by molar-refractivity contribution is 0.305. The molecule has 1 nitrogen and oxygen atoms in total. The molecule has 0 aliphatic rings. The molecule has 2 heteroatoms. The van der Waals surface area contributed by atoms with Crippen LogP contribution in [0, 0.1) is 17.7 Å². The predicted octanol–water partition coefficient (Wildman–Crippen LogP) is 1.56. The molecule has 0 atom stereocenters. The highest BCUT2D eigenvalue weighted by atomic mass is 19.1. The first-order chi connectivity index (χ1) is 5.84. The molecule has 1 rings (SSSR count). The minimum atomic E-state index is -0.317. The van der Waals surface area contributed by atoms with Crippen LogP contribution >= 0.6 is 0 Å². The van der Waals surface area contributed by atoms with Crippen molar-refractivity contribution < 1.29 is 9.50 Å². The zero-order chi connectivity index (χ0) is 8.81. The topological polar surface area (TPSA) is 20.2 Å². The van der Waals surface area contributed by atoms with Gasteiger partial charge < -0.3 is 5.11 Å². The molecule has 62 valence electrons. The van der Waals surface area contributed by atoms with E-state index >= 15 is 0 Å². The maximum absolute atomic E-state index is 12.9. The second-order valence-electron chi connectivity index (χ2n) is 2.26. The van der Waals surface area contributed by atoms with Crippen molar-refractivity contribution >= 4 is 0 Å². The smallest absolute Gasteiger partial charge is 0.138 e. The summed E-state index contributed by atoms with van der Waals surface area (Å²) in [4.78, 5) is 0. The molecule has 0 unspecified atom stereocenters. The number of hydrogen-bond acceptors (Lipinski definition) is 1. The highest BCUT2D eigenvalue weighted by Gasteiger charge is 1.93. The molecular formula is C10H9FO. The van der Waals surface area contributed by atoms with Crippen LogP contribution in [0.25, 0.3) is 0 Å². The van der Waals surface area contributed by atoms with Crippen LogP contribution < -0.4 is 0 Å². The molecule has 0 spiro atoms. The van der Waals surface area contributed by atoms with Crippen molar-refractivity contribution in [2.24, 2.45) is 0 Å². The summed E-state index contributed by atoms with van der Waals surface area (Å²) in [6.45, 7) is 0.0153. The van der Waals surface area contributed by atoms with E-state index in [0.29, 0.717) is 12.0 Å². The molecule has 0 radical (unpaired) electrons. The average molecular weight is 164 g/mol. The first-order valence-electron chi connectivity index (χ1n) is 3.69. The number of aliphatic hydroxyl groups excluding tert-OH is 1. The van der Waals surface area contributed by atoms with E-state index in [1.54, 1.807) is 18.2 Å². The van der Waals surface area contributed by atoms with Crippen molar-refractivity contribution in [3.05, 3.63) is 35.6 Å². The predicted molar refractivity (Wildman–Crippen MR) is 45.0 cm³/mol. The van der Waals surface area contributed by atoms with E-state index in [2.05, 4.69) is 11.8 Å². The first kappa shape index (κ1) is 8.76. The SMILES string of the molecule is OCCC#Cc1ccccc1F. The molecule has 1 aromatic carbocycles. The second kappa shape index (κ2) is 4.53. The van der Waals surface area contributed by atoms with Gasteiger partial charge in [0.15, 0.2) is 0 Å². The van der Waals surface area contributed by atoms with Gasteiger partial charge in [0.25, 0.3) is 0 Å². The van der Waals surface area contributed by atoms with Gasteiger partial charge in [-0.1, -0.05) is 24.0 Å². The normalized spacial score (nSPS) is 8.83. The van der Waals surface area contributed by atoms with Gasteiger partial charge in [-0.15, -0.1) is 0 Å². The van der Waals surface area contributed by atoms with Crippen molar-refractivity contribution in [3.63, 3.8) is 0 Å². The minimum absolute atomic E-state index is 0.0153. The number of aliphatic hydroxyl groups is 1. The Balaban J connectivity index is 2.77. The summed E-state index contributed by atoms with van der Waals surface area (Å²) in [7, 11) is 0. The summed E-state index contributed by atoms with van der Waals surface area (Å²) in [5.41, 5.74) is 0.381. The fraction of sp³-hybridized carbons (Fsp3) is 0.200. The van der Waals surface area contributed by atoms with E-state index in [4.69, 9.17) is 5.11 Å². The van der Waals surface area contributed by atoms with Crippen LogP contribution in [0.5, 0.6) is 0 Å². The first-order valence-corrected chi connectivity index (χ1v) is 3.69. The summed E-state index contributed by atoms with van der Waals surface area (Å²) < 4.78 is 12.9. The standard InChI is InChI=1S/C10H9FO/c11-10-7-2-1-5-9(10)6-3-4-8-12/h1-2,5,7,12H,4,8H2. The summed E-state index contributed by atoms with van der Waals surface area (Å²) in [5, 5.41) is 8.42. The van der Waals surface area contributed by atoms with Crippen LogP contribution in [0.1, 0.15) is 12.0 Å². The zero-order valence-electron chi connectivity index (χ0n) is 6.55. The number of rotatable bonds is 1. The molecule has 0 aromatic heterocycles. The second-order valence-corrected chi connectivity index (χ2v) is 2.26. The van der Waals surface area contributed by atoms with Crippen LogP contribution in [-0.2, 0) is 0 Å². The molecule has 1 N–H and O–H groups in total. The van der Waals surface area contributed by atoms with Crippen LogP contribution in [0.2, 0.25) is 0 Å². The van der Waals surface area contributed by atoms with Crippen LogP contribution in [0.15, 0.2) is 24.3 Å². The molecule has 0 saturated carbocycles. The third-order valence-electron chi connectivity index (χ3n) is 1.33. The highest BCUT2D eigenvalue weighted by molar-refractivity contribution is 5.34. The Bertz CT molecular complexity index is 309. The van der Waals surface area contributed by atoms with Crippen LogP contribution in [0.4, 0.5) is 4.39 Å². The molecule has 0 heterocycles. The Hall–Kier alpha value is -1.33. The Labute approximate surface area is 70.9 Å². The third kappa shape index (κ3) is 2.37. The molecule has 0 amide bonds. The van der Waals surface area contributed by atoms with Crippen molar-refractivity contribution in [1.82, 2.24) is 0 Å². The summed E-state index contributed by atoms with van der Waals surface area (Å²) in [5.74, 6) is 4.96. The Morgan fingerprint density at radius 1 is 1.33 bits per heavy atom. The van der Waals surface area contributed by atoms with E-state index < -0.39 is 0 Å². The molecule has 1 aromatic rings. The average Bonchev–Trinajstić information content (AvgIpc) is 2.09. The highest BCUT2D eigenvalue weighted by Crippen LogP contribution is 2.03. The van der Waals surface area contributed by atoms with E-state index in [-0.39, 0.29) is 12.4 Å². The molecule has 0 aliphatic heterocycles. The van der Waals surface area contributed by atoms with Crippen LogP contribution in [-0.4, -0.2) is 11.7 Å². The van der Waals surface area contributed by atoms with Gasteiger partial charge in [-0.25, -0.2) is 4.39 Å². The van der Waals surface area contributed by atoms with Gasteiger partial charge in [0, 0.05) is 6.42 Å². The molecule has 0 bridgehead atoms. The van der Waals surface area contributed by atoms with Crippen molar-refractivity contribution in [2.75, 3.05) is 6.61 Å². The number of hydrogen-bond donors (Lipinski definition) is 1. The van der Waals surface area contributed by atoms with Gasteiger partial charge in [-0.05, 0) is 12.1 Å². The van der Waals surface area contributed by atoms with Crippen molar-refractivity contribution in [2.45, 2.75) is 6.42 Å². The monoisotopic (exact) mass is 164 g/mol. The molecule has 0 aliphatic carbocycles. The Kier molecular flexibility index (Phi) is 3.31. The Morgan fingerprint density at radius 2 is 2.08 bits per heavy atom. The van der Waals surface area contributed by atoms with E-state index in [9.17, 15) is 4.39 Å². The van der Waals surface area contributed by atoms with Gasteiger partial charge in [0.05, 0.1) is 12.2 Å². The minimum Gasteiger partial charge on any atom is -0.395 e. The molecule has 12 heavy (non-hydrogen) atoms. The lowest BCUT2D eigenvalue weighted by Gasteiger charge is -1.90. The maximum Gasteiger partial charge on any atom is 0.138 e. The molecular weight excluding hydrogens is 155 g/mol. The largest absolute Gasteiger partial charge is 0.395 e. The van der Waals surface area contributed by atoms with Gasteiger partial charge in [-0.2, -0.15) is 0 Å². The Morgan fingerprint density at radius 3 is 2.75 bits per heavy atom. The zero-order valence-corrected chi connectivity index (χ0v) is 6.55. The van der Waals surface area contributed by atoms with Gasteiger partial charge in [0.1, 0.15) is 5.82 Å². The fourth-order valence-electron chi connectivity index (χ4n) is 0.776. The van der Waals surface area contributed by atoms with E-state index in [0.717, 1.165) is 0 Å². The quantitative estimate of drug-likeness (QED) is 0.624. The van der Waals surface area contributed by atoms with E-state index in [1.807, 2.05) is 0 Å². The maximum atomic E-state index is 12.9. The van der Waals surface area contributed by atoms with E-state index in [1.165, 1.54) is 6.07 Å². The summed E-state index contributed by atoms with van der Waals surface area (Å²) in [6, 6.07) is 6.32. The molecule has 0 fully saturated rings. The van der Waals surface area contributed by atoms with Gasteiger partial charge in [-0.3, -0.25) is 0 Å². The van der Waals surface area contributed by atoms with Gasteiger partial charge in [0.2, 0.25) is 0 Å². The lowest BCUT2D eigenvalue weighted by Crippen LogP contribution is -1.82. The van der Waals surface area contributed by atoms with Crippen LogP contribution in [0.3, 0.4) is 0 Å². The fourth-order valence-corrected chi connectivity index (χ4v) is 0.776. The third-order valence-corrected chi connectivity index (χ3v) is 1.33. The lowest BCUT2D eigenvalue weighted by atomic mass is 10.2.